The first-order valence-electron chi connectivity index (χ1n) is 8.23. The number of ether oxygens (including phenoxy) is 1. The van der Waals surface area contributed by atoms with Crippen LogP contribution in [0.4, 0.5) is 4.39 Å². The van der Waals surface area contributed by atoms with E-state index in [1.165, 1.54) is 13.2 Å². The van der Waals surface area contributed by atoms with Crippen molar-refractivity contribution >= 4 is 5.91 Å². The molecule has 0 unspecified atom stereocenters. The smallest absolute Gasteiger partial charge is 0.222 e. The van der Waals surface area contributed by atoms with Gasteiger partial charge in [0.25, 0.3) is 0 Å². The fourth-order valence-electron chi connectivity index (χ4n) is 3.56. The van der Waals surface area contributed by atoms with Crippen molar-refractivity contribution in [3.63, 3.8) is 0 Å². The molecule has 1 aliphatic heterocycles. The van der Waals surface area contributed by atoms with Crippen LogP contribution in [0.5, 0.6) is 5.75 Å². The molecule has 0 bridgehead atoms. The molecule has 6 nitrogen and oxygen atoms in total. The quantitative estimate of drug-likeness (QED) is 0.892. The van der Waals surface area contributed by atoms with Gasteiger partial charge in [-0.3, -0.25) is 14.4 Å². The summed E-state index contributed by atoms with van der Waals surface area (Å²) >= 11 is 0. The Kier molecular flexibility index (Phi) is 4.76. The minimum atomic E-state index is -0.384. The number of likely N-dealkylation sites (tertiary alicyclic amines) is 1. The van der Waals surface area contributed by atoms with Crippen molar-refractivity contribution in [1.82, 2.24) is 14.7 Å². The molecule has 0 spiro atoms. The van der Waals surface area contributed by atoms with Crippen LogP contribution in [0, 0.1) is 18.7 Å². The number of primary amides is 1. The molecule has 2 N–H and O–H groups in total. The molecular formula is C18H23FN4O2. The first-order chi connectivity index (χ1) is 11.9. The molecule has 1 aromatic heterocycles. The second-order valence-corrected chi connectivity index (χ2v) is 6.59. The number of hydrogen-bond donors (Lipinski definition) is 1. The highest BCUT2D eigenvalue weighted by Gasteiger charge is 2.38. The third kappa shape index (κ3) is 3.37. The molecule has 1 fully saturated rings. The van der Waals surface area contributed by atoms with Crippen LogP contribution in [0.15, 0.2) is 24.4 Å². The minimum absolute atomic E-state index is 0.00861. The van der Waals surface area contributed by atoms with Crippen LogP contribution in [-0.4, -0.2) is 40.8 Å². The third-order valence-electron chi connectivity index (χ3n) is 5.06. The molecule has 1 aliphatic rings. The molecule has 0 saturated carbocycles. The number of carbonyl (C=O) groups is 1. The van der Waals surface area contributed by atoms with E-state index in [0.29, 0.717) is 19.6 Å². The van der Waals surface area contributed by atoms with Crippen LogP contribution < -0.4 is 10.5 Å². The molecule has 134 valence electrons. The summed E-state index contributed by atoms with van der Waals surface area (Å²) in [5, 5.41) is 4.28. The van der Waals surface area contributed by atoms with Crippen LogP contribution in [0.1, 0.15) is 22.7 Å². The second-order valence-electron chi connectivity index (χ2n) is 6.59. The van der Waals surface area contributed by atoms with Gasteiger partial charge >= 0.3 is 0 Å². The summed E-state index contributed by atoms with van der Waals surface area (Å²) < 4.78 is 20.6. The maximum atomic E-state index is 13.9. The number of hydrogen-bond acceptors (Lipinski definition) is 4. The first kappa shape index (κ1) is 17.4. The average Bonchev–Trinajstić information content (AvgIpc) is 3.12. The van der Waals surface area contributed by atoms with E-state index in [0.717, 1.165) is 16.8 Å². The van der Waals surface area contributed by atoms with Crippen LogP contribution in [0.25, 0.3) is 0 Å². The fourth-order valence-corrected chi connectivity index (χ4v) is 3.56. The number of benzene rings is 1. The third-order valence-corrected chi connectivity index (χ3v) is 5.06. The maximum Gasteiger partial charge on any atom is 0.222 e. The van der Waals surface area contributed by atoms with Crippen molar-refractivity contribution in [2.45, 2.75) is 19.4 Å². The normalized spacial score (nSPS) is 20.8. The molecule has 1 amide bonds. The Morgan fingerprint density at radius 3 is 2.76 bits per heavy atom. The Balaban J connectivity index is 1.79. The van der Waals surface area contributed by atoms with Crippen LogP contribution in [-0.2, 0) is 18.4 Å². The fraction of sp³-hybridized carbons (Fsp3) is 0.444. The molecule has 0 aliphatic carbocycles. The molecule has 2 aromatic rings. The Labute approximate surface area is 146 Å². The number of aromatic nitrogens is 2. The molecular weight excluding hydrogens is 323 g/mol. The molecule has 25 heavy (non-hydrogen) atoms. The molecule has 2 heterocycles. The van der Waals surface area contributed by atoms with Gasteiger partial charge in [0.05, 0.1) is 19.2 Å². The lowest BCUT2D eigenvalue weighted by Gasteiger charge is -2.16. The summed E-state index contributed by atoms with van der Waals surface area (Å²) in [6.45, 7) is 3.79. The van der Waals surface area contributed by atoms with E-state index in [9.17, 15) is 9.18 Å². The second kappa shape index (κ2) is 6.84. The number of halogens is 1. The van der Waals surface area contributed by atoms with Gasteiger partial charge in [-0.2, -0.15) is 5.10 Å². The summed E-state index contributed by atoms with van der Waals surface area (Å²) in [7, 11) is 3.32. The highest BCUT2D eigenvalue weighted by atomic mass is 19.1. The Bertz CT molecular complexity index is 789. The van der Waals surface area contributed by atoms with Crippen LogP contribution in [0.2, 0.25) is 0 Å². The number of carbonyl (C=O) groups excluding carboxylic acids is 1. The summed E-state index contributed by atoms with van der Waals surface area (Å²) in [6, 6.07) is 4.93. The van der Waals surface area contributed by atoms with E-state index in [2.05, 4.69) is 10.00 Å². The number of methoxy groups -OCH3 is 1. The van der Waals surface area contributed by atoms with Crippen LogP contribution >= 0.6 is 0 Å². The lowest BCUT2D eigenvalue weighted by atomic mass is 9.89. The highest BCUT2D eigenvalue weighted by molar-refractivity contribution is 5.78. The van der Waals surface area contributed by atoms with Crippen LogP contribution in [0.3, 0.4) is 0 Å². The van der Waals surface area contributed by atoms with Gasteiger partial charge in [0.15, 0.2) is 11.6 Å². The molecule has 3 rings (SSSR count). The van der Waals surface area contributed by atoms with Gasteiger partial charge in [0.2, 0.25) is 5.91 Å². The Morgan fingerprint density at radius 2 is 2.20 bits per heavy atom. The zero-order valence-corrected chi connectivity index (χ0v) is 14.7. The van der Waals surface area contributed by atoms with E-state index in [-0.39, 0.29) is 29.3 Å². The van der Waals surface area contributed by atoms with Gasteiger partial charge < -0.3 is 10.5 Å². The van der Waals surface area contributed by atoms with Gasteiger partial charge in [0, 0.05) is 38.3 Å². The first-order valence-corrected chi connectivity index (χ1v) is 8.23. The monoisotopic (exact) mass is 346 g/mol. The predicted molar refractivity (Wildman–Crippen MR) is 91.6 cm³/mol. The minimum Gasteiger partial charge on any atom is -0.494 e. The molecule has 1 aromatic carbocycles. The standard InChI is InChI=1S/C18H23FN4O2/c1-11-13(7-21-22(11)2)14-9-23(10-15(14)18(20)24)8-12-4-5-17(25-3)16(19)6-12/h4-7,14-15H,8-10H2,1-3H3,(H2,20,24)/t14-,15+/m1/s1. The van der Waals surface area contributed by atoms with E-state index in [1.54, 1.807) is 10.7 Å². The van der Waals surface area contributed by atoms with E-state index in [1.807, 2.05) is 26.2 Å². The van der Waals surface area contributed by atoms with E-state index in [4.69, 9.17) is 10.5 Å². The molecule has 2 atom stereocenters. The number of nitrogens with zero attached hydrogens (tertiary/aromatic N) is 3. The summed E-state index contributed by atoms with van der Waals surface area (Å²) in [5.41, 5.74) is 8.56. The summed E-state index contributed by atoms with van der Waals surface area (Å²) in [4.78, 5) is 14.1. The van der Waals surface area contributed by atoms with E-state index >= 15 is 0 Å². The lowest BCUT2D eigenvalue weighted by molar-refractivity contribution is -0.121. The zero-order chi connectivity index (χ0) is 18.1. The van der Waals surface area contributed by atoms with Crippen molar-refractivity contribution in [3.05, 3.63) is 47.0 Å². The Morgan fingerprint density at radius 1 is 1.44 bits per heavy atom. The van der Waals surface area contributed by atoms with Crippen molar-refractivity contribution in [3.8, 4) is 5.75 Å². The van der Waals surface area contributed by atoms with Crippen molar-refractivity contribution in [2.75, 3.05) is 20.2 Å². The van der Waals surface area contributed by atoms with Crippen molar-refractivity contribution < 1.29 is 13.9 Å². The van der Waals surface area contributed by atoms with Gasteiger partial charge in [-0.15, -0.1) is 0 Å². The van der Waals surface area contributed by atoms with Gasteiger partial charge in [-0.1, -0.05) is 6.07 Å². The number of aryl methyl sites for hydroxylation is 1. The lowest BCUT2D eigenvalue weighted by Crippen LogP contribution is -2.29. The summed E-state index contributed by atoms with van der Waals surface area (Å²) in [6.07, 6.45) is 1.81. The van der Waals surface area contributed by atoms with Crippen molar-refractivity contribution in [2.24, 2.45) is 18.7 Å². The molecule has 1 saturated heterocycles. The van der Waals surface area contributed by atoms with Gasteiger partial charge in [-0.05, 0) is 30.2 Å². The largest absolute Gasteiger partial charge is 0.494 e. The van der Waals surface area contributed by atoms with Gasteiger partial charge in [0.1, 0.15) is 0 Å². The Hall–Kier alpha value is -2.41. The topological polar surface area (TPSA) is 73.4 Å². The number of amides is 1. The molecule has 7 heteroatoms. The SMILES string of the molecule is COc1ccc(CN2C[C@H](C(N)=O)[C@@H](c3cnn(C)c3C)C2)cc1F. The van der Waals surface area contributed by atoms with Crippen molar-refractivity contribution in [1.29, 1.82) is 0 Å². The number of nitrogens with two attached hydrogens (primary N) is 1. The van der Waals surface area contributed by atoms with Gasteiger partial charge in [-0.25, -0.2) is 4.39 Å². The predicted octanol–water partition coefficient (Wildman–Crippen LogP) is 1.58. The molecule has 0 radical (unpaired) electrons. The maximum absolute atomic E-state index is 13.9. The zero-order valence-electron chi connectivity index (χ0n) is 14.7. The summed E-state index contributed by atoms with van der Waals surface area (Å²) in [5.74, 6) is -0.730. The highest BCUT2D eigenvalue weighted by Crippen LogP contribution is 2.35. The van der Waals surface area contributed by atoms with E-state index < -0.39 is 0 Å². The average molecular weight is 346 g/mol. The number of rotatable bonds is 5.